The SMILES string of the molecule is N#Cc1cccc(NC(=O)COC(=O)C=Cc2ccc(O)cc2)c1. The molecule has 6 heteroatoms. The molecule has 0 saturated carbocycles. The van der Waals surface area contributed by atoms with Crippen molar-refractivity contribution in [2.24, 2.45) is 0 Å². The summed E-state index contributed by atoms with van der Waals surface area (Å²) in [7, 11) is 0. The van der Waals surface area contributed by atoms with Gasteiger partial charge in [-0.25, -0.2) is 4.79 Å². The highest BCUT2D eigenvalue weighted by atomic mass is 16.5. The van der Waals surface area contributed by atoms with Crippen LogP contribution in [0.25, 0.3) is 6.08 Å². The summed E-state index contributed by atoms with van der Waals surface area (Å²) in [5.41, 5.74) is 1.58. The second kappa shape index (κ2) is 8.15. The van der Waals surface area contributed by atoms with E-state index < -0.39 is 18.5 Å². The van der Waals surface area contributed by atoms with Crippen molar-refractivity contribution in [2.75, 3.05) is 11.9 Å². The summed E-state index contributed by atoms with van der Waals surface area (Å²) in [5.74, 6) is -1.03. The third-order valence-corrected chi connectivity index (χ3v) is 2.93. The van der Waals surface area contributed by atoms with Crippen LogP contribution in [0.4, 0.5) is 5.69 Å². The van der Waals surface area contributed by atoms with Crippen LogP contribution >= 0.6 is 0 Å². The van der Waals surface area contributed by atoms with Crippen molar-refractivity contribution in [3.63, 3.8) is 0 Å². The molecule has 0 atom stereocenters. The van der Waals surface area contributed by atoms with E-state index in [9.17, 15) is 9.59 Å². The summed E-state index contributed by atoms with van der Waals surface area (Å²) in [4.78, 5) is 23.3. The van der Waals surface area contributed by atoms with Gasteiger partial charge in [-0.2, -0.15) is 5.26 Å². The number of anilines is 1. The maximum atomic E-state index is 11.7. The summed E-state index contributed by atoms with van der Waals surface area (Å²) >= 11 is 0. The molecule has 6 nitrogen and oxygen atoms in total. The zero-order chi connectivity index (χ0) is 17.4. The predicted molar refractivity (Wildman–Crippen MR) is 87.9 cm³/mol. The van der Waals surface area contributed by atoms with Gasteiger partial charge in [0.1, 0.15) is 5.75 Å². The number of hydrogen-bond donors (Lipinski definition) is 2. The number of carbonyl (C=O) groups excluding carboxylic acids is 2. The first kappa shape index (κ1) is 16.8. The highest BCUT2D eigenvalue weighted by Gasteiger charge is 2.06. The minimum atomic E-state index is -0.663. The molecule has 2 aromatic carbocycles. The molecule has 0 aromatic heterocycles. The summed E-state index contributed by atoms with van der Waals surface area (Å²) in [6, 6.07) is 14.6. The third-order valence-electron chi connectivity index (χ3n) is 2.93. The Morgan fingerprint density at radius 3 is 2.67 bits per heavy atom. The van der Waals surface area contributed by atoms with Gasteiger partial charge in [-0.3, -0.25) is 4.79 Å². The average Bonchev–Trinajstić information content (AvgIpc) is 2.59. The number of nitriles is 1. The first-order chi connectivity index (χ1) is 11.6. The van der Waals surface area contributed by atoms with Crippen molar-refractivity contribution in [2.45, 2.75) is 0 Å². The summed E-state index contributed by atoms with van der Waals surface area (Å²) < 4.78 is 4.83. The van der Waals surface area contributed by atoms with E-state index in [0.29, 0.717) is 16.8 Å². The largest absolute Gasteiger partial charge is 0.508 e. The average molecular weight is 322 g/mol. The van der Waals surface area contributed by atoms with Crippen LogP contribution in [0.5, 0.6) is 5.75 Å². The number of hydrogen-bond acceptors (Lipinski definition) is 5. The molecular formula is C18H14N2O4. The molecule has 0 aliphatic rings. The van der Waals surface area contributed by atoms with Crippen LogP contribution in [0.2, 0.25) is 0 Å². The number of esters is 1. The smallest absolute Gasteiger partial charge is 0.331 e. The molecule has 24 heavy (non-hydrogen) atoms. The number of amides is 1. The zero-order valence-electron chi connectivity index (χ0n) is 12.6. The Labute approximate surface area is 138 Å². The van der Waals surface area contributed by atoms with E-state index in [1.165, 1.54) is 30.4 Å². The number of phenolic OH excluding ortho intramolecular Hbond substituents is 1. The van der Waals surface area contributed by atoms with Crippen LogP contribution in [0.3, 0.4) is 0 Å². The zero-order valence-corrected chi connectivity index (χ0v) is 12.6. The lowest BCUT2D eigenvalue weighted by Gasteiger charge is -2.05. The van der Waals surface area contributed by atoms with Gasteiger partial charge < -0.3 is 15.2 Å². The van der Waals surface area contributed by atoms with Gasteiger partial charge in [-0.15, -0.1) is 0 Å². The summed E-state index contributed by atoms with van der Waals surface area (Å²) in [6.07, 6.45) is 2.70. The molecular weight excluding hydrogens is 308 g/mol. The maximum absolute atomic E-state index is 11.7. The highest BCUT2D eigenvalue weighted by molar-refractivity contribution is 5.94. The Kier molecular flexibility index (Phi) is 5.70. The van der Waals surface area contributed by atoms with Crippen LogP contribution in [-0.2, 0) is 14.3 Å². The fourth-order valence-corrected chi connectivity index (χ4v) is 1.80. The second-order valence-electron chi connectivity index (χ2n) is 4.77. The molecule has 0 heterocycles. The van der Waals surface area contributed by atoms with E-state index in [-0.39, 0.29) is 5.75 Å². The number of phenols is 1. The van der Waals surface area contributed by atoms with Crippen molar-refractivity contribution in [1.82, 2.24) is 0 Å². The van der Waals surface area contributed by atoms with Gasteiger partial charge in [0.15, 0.2) is 6.61 Å². The molecule has 0 radical (unpaired) electrons. The molecule has 0 aliphatic heterocycles. The molecule has 2 N–H and O–H groups in total. The number of nitrogens with zero attached hydrogens (tertiary/aromatic N) is 1. The molecule has 0 saturated heterocycles. The number of nitrogens with one attached hydrogen (secondary N) is 1. The second-order valence-corrected chi connectivity index (χ2v) is 4.77. The number of ether oxygens (including phenoxy) is 1. The van der Waals surface area contributed by atoms with Crippen LogP contribution in [0, 0.1) is 11.3 Å². The fourth-order valence-electron chi connectivity index (χ4n) is 1.80. The molecule has 2 aromatic rings. The first-order valence-electron chi connectivity index (χ1n) is 7.01. The van der Waals surface area contributed by atoms with Gasteiger partial charge >= 0.3 is 5.97 Å². The van der Waals surface area contributed by atoms with E-state index in [4.69, 9.17) is 15.1 Å². The van der Waals surface area contributed by atoms with Gasteiger partial charge in [-0.05, 0) is 42.0 Å². The molecule has 0 spiro atoms. The number of rotatable bonds is 5. The Bertz CT molecular complexity index is 805. The van der Waals surface area contributed by atoms with Gasteiger partial charge in [0, 0.05) is 11.8 Å². The van der Waals surface area contributed by atoms with E-state index >= 15 is 0 Å². The number of benzene rings is 2. The minimum Gasteiger partial charge on any atom is -0.508 e. The van der Waals surface area contributed by atoms with Crippen molar-refractivity contribution in [3.8, 4) is 11.8 Å². The summed E-state index contributed by atoms with van der Waals surface area (Å²) in [5, 5.41) is 20.5. The normalized spacial score (nSPS) is 10.1. The maximum Gasteiger partial charge on any atom is 0.331 e. The van der Waals surface area contributed by atoms with E-state index in [0.717, 1.165) is 0 Å². The van der Waals surface area contributed by atoms with E-state index in [2.05, 4.69) is 5.32 Å². The Morgan fingerprint density at radius 2 is 1.96 bits per heavy atom. The first-order valence-corrected chi connectivity index (χ1v) is 7.01. The Hall–Kier alpha value is -3.59. The van der Waals surface area contributed by atoms with Crippen molar-refractivity contribution in [1.29, 1.82) is 5.26 Å². The van der Waals surface area contributed by atoms with Crippen LogP contribution in [-0.4, -0.2) is 23.6 Å². The van der Waals surface area contributed by atoms with Crippen LogP contribution < -0.4 is 5.32 Å². The monoisotopic (exact) mass is 322 g/mol. The van der Waals surface area contributed by atoms with Gasteiger partial charge in [0.25, 0.3) is 5.91 Å². The molecule has 120 valence electrons. The fraction of sp³-hybridized carbons (Fsp3) is 0.0556. The molecule has 0 bridgehead atoms. The summed E-state index contributed by atoms with van der Waals surface area (Å²) in [6.45, 7) is -0.435. The quantitative estimate of drug-likeness (QED) is 0.650. The van der Waals surface area contributed by atoms with Crippen molar-refractivity contribution < 1.29 is 19.4 Å². The number of aromatic hydroxyl groups is 1. The molecule has 0 fully saturated rings. The van der Waals surface area contributed by atoms with Gasteiger partial charge in [-0.1, -0.05) is 18.2 Å². The van der Waals surface area contributed by atoms with E-state index in [1.807, 2.05) is 6.07 Å². The molecule has 0 aliphatic carbocycles. The minimum absolute atomic E-state index is 0.131. The third kappa shape index (κ3) is 5.31. The lowest BCUT2D eigenvalue weighted by molar-refractivity contribution is -0.142. The lowest BCUT2D eigenvalue weighted by Crippen LogP contribution is -2.20. The van der Waals surface area contributed by atoms with Crippen LogP contribution in [0.15, 0.2) is 54.6 Å². The van der Waals surface area contributed by atoms with Crippen LogP contribution in [0.1, 0.15) is 11.1 Å². The number of carbonyl (C=O) groups is 2. The van der Waals surface area contributed by atoms with Gasteiger partial charge in [0.05, 0.1) is 11.6 Å². The molecule has 2 rings (SSSR count). The lowest BCUT2D eigenvalue weighted by atomic mass is 10.2. The highest BCUT2D eigenvalue weighted by Crippen LogP contribution is 2.11. The van der Waals surface area contributed by atoms with Gasteiger partial charge in [0.2, 0.25) is 0 Å². The molecule has 0 unspecified atom stereocenters. The van der Waals surface area contributed by atoms with E-state index in [1.54, 1.807) is 30.3 Å². The van der Waals surface area contributed by atoms with Crippen molar-refractivity contribution >= 4 is 23.6 Å². The Morgan fingerprint density at radius 1 is 1.21 bits per heavy atom. The Balaban J connectivity index is 1.81. The van der Waals surface area contributed by atoms with Crippen molar-refractivity contribution in [3.05, 3.63) is 65.7 Å². The topological polar surface area (TPSA) is 99.4 Å². The predicted octanol–water partition coefficient (Wildman–Crippen LogP) is 2.46. The molecule has 1 amide bonds. The standard InChI is InChI=1S/C18H14N2O4/c19-11-14-2-1-3-15(10-14)20-17(22)12-24-18(23)9-6-13-4-7-16(21)8-5-13/h1-10,21H,12H2,(H,20,22).